The van der Waals surface area contributed by atoms with Crippen LogP contribution in [0.25, 0.3) is 0 Å². The van der Waals surface area contributed by atoms with E-state index in [1.54, 1.807) is 19.2 Å². The maximum absolute atomic E-state index is 11.0. The number of nitrogens with one attached hydrogen (secondary N) is 1. The molecule has 2 rings (SSSR count). The maximum Gasteiger partial charge on any atom is 0.314 e. The van der Waals surface area contributed by atoms with E-state index in [0.29, 0.717) is 17.9 Å². The van der Waals surface area contributed by atoms with Gasteiger partial charge in [-0.05, 0) is 37.1 Å². The van der Waals surface area contributed by atoms with Gasteiger partial charge in [0.15, 0.2) is 0 Å². The molecule has 6 heteroatoms. The number of nitro groups is 1. The molecule has 2 aromatic rings. The Morgan fingerprint density at radius 2 is 2.00 bits per heavy atom. The summed E-state index contributed by atoms with van der Waals surface area (Å²) in [6, 6.07) is 9.18. The number of rotatable bonds is 5. The zero-order valence-electron chi connectivity index (χ0n) is 11.2. The molecule has 1 heterocycles. The van der Waals surface area contributed by atoms with E-state index in [1.807, 2.05) is 24.3 Å². The average Bonchev–Trinajstić information content (AvgIpc) is 2.40. The van der Waals surface area contributed by atoms with E-state index in [0.717, 1.165) is 17.7 Å². The Labute approximate surface area is 116 Å². The van der Waals surface area contributed by atoms with E-state index < -0.39 is 4.92 Å². The lowest BCUT2D eigenvalue weighted by molar-refractivity contribution is -0.384. The van der Waals surface area contributed by atoms with Crippen LogP contribution >= 0.6 is 0 Å². The molecule has 20 heavy (non-hydrogen) atoms. The molecular weight excluding hydrogens is 256 g/mol. The second-order valence-electron chi connectivity index (χ2n) is 4.50. The van der Waals surface area contributed by atoms with Crippen molar-refractivity contribution in [1.82, 2.24) is 4.98 Å². The van der Waals surface area contributed by atoms with Crippen LogP contribution in [-0.2, 0) is 6.42 Å². The fourth-order valence-corrected chi connectivity index (χ4v) is 1.92. The summed E-state index contributed by atoms with van der Waals surface area (Å²) >= 11 is 0. The van der Waals surface area contributed by atoms with Gasteiger partial charge in [0.1, 0.15) is 0 Å². The Morgan fingerprint density at radius 1 is 1.30 bits per heavy atom. The molecule has 1 aromatic heterocycles. The number of aromatic nitrogens is 1. The van der Waals surface area contributed by atoms with Crippen molar-refractivity contribution >= 4 is 17.2 Å². The molecular formula is C14H16N4O2. The topological polar surface area (TPSA) is 94.1 Å². The number of nitrogens with zero attached hydrogens (tertiary/aromatic N) is 2. The van der Waals surface area contributed by atoms with E-state index in [9.17, 15) is 10.1 Å². The number of benzene rings is 1. The Hall–Kier alpha value is -2.63. The zero-order valence-corrected chi connectivity index (χ0v) is 11.2. The Bertz CT molecular complexity index is 611. The quantitative estimate of drug-likeness (QED) is 0.495. The van der Waals surface area contributed by atoms with Crippen LogP contribution in [0.4, 0.5) is 17.2 Å². The van der Waals surface area contributed by atoms with Crippen molar-refractivity contribution in [2.45, 2.75) is 13.3 Å². The third-order valence-corrected chi connectivity index (χ3v) is 2.99. The normalized spacial score (nSPS) is 10.2. The molecule has 104 valence electrons. The Balaban J connectivity index is 2.02. The van der Waals surface area contributed by atoms with Gasteiger partial charge in [0, 0.05) is 24.0 Å². The SMILES string of the molecule is Cc1ccnc(NCCc2ccc(N)cc2)c1[N+](=O)[O-]. The molecule has 0 fully saturated rings. The molecule has 6 nitrogen and oxygen atoms in total. The molecule has 0 amide bonds. The summed E-state index contributed by atoms with van der Waals surface area (Å²) in [4.78, 5) is 14.6. The van der Waals surface area contributed by atoms with E-state index in [2.05, 4.69) is 10.3 Å². The molecule has 0 aliphatic carbocycles. The molecule has 1 aromatic carbocycles. The van der Waals surface area contributed by atoms with Crippen LogP contribution in [0.5, 0.6) is 0 Å². The van der Waals surface area contributed by atoms with Gasteiger partial charge >= 0.3 is 5.69 Å². The number of aryl methyl sites for hydroxylation is 1. The Morgan fingerprint density at radius 3 is 2.65 bits per heavy atom. The van der Waals surface area contributed by atoms with E-state index in [-0.39, 0.29) is 5.69 Å². The van der Waals surface area contributed by atoms with Crippen molar-refractivity contribution in [3.8, 4) is 0 Å². The first-order valence-corrected chi connectivity index (χ1v) is 6.26. The second kappa shape index (κ2) is 6.01. The van der Waals surface area contributed by atoms with Gasteiger partial charge < -0.3 is 11.1 Å². The molecule has 0 unspecified atom stereocenters. The highest BCUT2D eigenvalue weighted by atomic mass is 16.6. The lowest BCUT2D eigenvalue weighted by atomic mass is 10.1. The number of nitrogens with two attached hydrogens (primary N) is 1. The predicted octanol–water partition coefficient (Wildman–Crippen LogP) is 2.54. The molecule has 0 radical (unpaired) electrons. The lowest BCUT2D eigenvalue weighted by Crippen LogP contribution is -2.09. The predicted molar refractivity (Wildman–Crippen MR) is 78.7 cm³/mol. The largest absolute Gasteiger partial charge is 0.399 e. The van der Waals surface area contributed by atoms with Crippen LogP contribution in [-0.4, -0.2) is 16.5 Å². The highest BCUT2D eigenvalue weighted by molar-refractivity contribution is 5.59. The highest BCUT2D eigenvalue weighted by Gasteiger charge is 2.17. The third-order valence-electron chi connectivity index (χ3n) is 2.99. The zero-order chi connectivity index (χ0) is 14.5. The summed E-state index contributed by atoms with van der Waals surface area (Å²) in [5, 5.41) is 14.0. The van der Waals surface area contributed by atoms with Gasteiger partial charge in [-0.15, -0.1) is 0 Å². The van der Waals surface area contributed by atoms with Crippen molar-refractivity contribution in [3.05, 3.63) is 57.8 Å². The van der Waals surface area contributed by atoms with Crippen molar-refractivity contribution in [2.24, 2.45) is 0 Å². The summed E-state index contributed by atoms with van der Waals surface area (Å²) in [7, 11) is 0. The van der Waals surface area contributed by atoms with Crippen LogP contribution < -0.4 is 11.1 Å². The number of anilines is 2. The first-order chi connectivity index (χ1) is 9.58. The lowest BCUT2D eigenvalue weighted by Gasteiger charge is -2.07. The van der Waals surface area contributed by atoms with Crippen molar-refractivity contribution in [1.29, 1.82) is 0 Å². The van der Waals surface area contributed by atoms with Crippen molar-refractivity contribution in [3.63, 3.8) is 0 Å². The van der Waals surface area contributed by atoms with Crippen LogP contribution in [0.1, 0.15) is 11.1 Å². The van der Waals surface area contributed by atoms with Crippen LogP contribution in [0.2, 0.25) is 0 Å². The standard InChI is InChI=1S/C14H16N4O2/c1-10-6-8-16-14(13(10)18(19)20)17-9-7-11-2-4-12(15)5-3-11/h2-6,8H,7,9,15H2,1H3,(H,16,17). The van der Waals surface area contributed by atoms with Gasteiger partial charge in [0.05, 0.1) is 4.92 Å². The molecule has 0 bridgehead atoms. The van der Waals surface area contributed by atoms with E-state index >= 15 is 0 Å². The Kier molecular flexibility index (Phi) is 4.14. The monoisotopic (exact) mass is 272 g/mol. The second-order valence-corrected chi connectivity index (χ2v) is 4.50. The summed E-state index contributed by atoms with van der Waals surface area (Å²) in [6.45, 7) is 2.27. The van der Waals surface area contributed by atoms with Gasteiger partial charge in [-0.3, -0.25) is 10.1 Å². The molecule has 0 atom stereocenters. The average molecular weight is 272 g/mol. The number of hydrogen-bond acceptors (Lipinski definition) is 5. The summed E-state index contributed by atoms with van der Waals surface area (Å²) in [5.74, 6) is 0.311. The molecule has 0 aliphatic heterocycles. The van der Waals surface area contributed by atoms with Crippen LogP contribution in [0, 0.1) is 17.0 Å². The smallest absolute Gasteiger partial charge is 0.314 e. The van der Waals surface area contributed by atoms with Crippen LogP contribution in [0.15, 0.2) is 36.5 Å². The summed E-state index contributed by atoms with van der Waals surface area (Å²) in [5.41, 5.74) is 8.08. The first kappa shape index (κ1) is 13.8. The number of nitrogen functional groups attached to an aromatic ring is 1. The minimum Gasteiger partial charge on any atom is -0.399 e. The minimum absolute atomic E-state index is 0.0322. The van der Waals surface area contributed by atoms with Gasteiger partial charge in [-0.1, -0.05) is 12.1 Å². The van der Waals surface area contributed by atoms with Crippen LogP contribution in [0.3, 0.4) is 0 Å². The van der Waals surface area contributed by atoms with Gasteiger partial charge in [-0.25, -0.2) is 4.98 Å². The first-order valence-electron chi connectivity index (χ1n) is 6.26. The van der Waals surface area contributed by atoms with Crippen molar-refractivity contribution < 1.29 is 4.92 Å². The van der Waals surface area contributed by atoms with E-state index in [1.165, 1.54) is 0 Å². The molecule has 0 saturated heterocycles. The van der Waals surface area contributed by atoms with E-state index in [4.69, 9.17) is 5.73 Å². The van der Waals surface area contributed by atoms with Gasteiger partial charge in [0.2, 0.25) is 5.82 Å². The number of hydrogen-bond donors (Lipinski definition) is 2. The number of pyridine rings is 1. The fourth-order valence-electron chi connectivity index (χ4n) is 1.92. The summed E-state index contributed by atoms with van der Waals surface area (Å²) in [6.07, 6.45) is 2.31. The molecule has 0 saturated carbocycles. The molecule has 0 spiro atoms. The van der Waals surface area contributed by atoms with Gasteiger partial charge in [0.25, 0.3) is 0 Å². The minimum atomic E-state index is -0.409. The van der Waals surface area contributed by atoms with Crippen molar-refractivity contribution in [2.75, 3.05) is 17.6 Å². The maximum atomic E-state index is 11.0. The van der Waals surface area contributed by atoms with Gasteiger partial charge in [-0.2, -0.15) is 0 Å². The molecule has 0 aliphatic rings. The third kappa shape index (κ3) is 3.23. The summed E-state index contributed by atoms with van der Waals surface area (Å²) < 4.78 is 0. The molecule has 3 N–H and O–H groups in total. The fraction of sp³-hybridized carbons (Fsp3) is 0.214. The highest BCUT2D eigenvalue weighted by Crippen LogP contribution is 2.25.